The number of rotatable bonds is 4. The molecule has 3 heterocycles. The molecular formula is C21H17N5O2S. The van der Waals surface area contributed by atoms with Crippen LogP contribution in [-0.2, 0) is 17.1 Å². The lowest BCUT2D eigenvalue weighted by Gasteiger charge is -2.10. The summed E-state index contributed by atoms with van der Waals surface area (Å²) in [6.45, 7) is 0. The molecule has 29 heavy (non-hydrogen) atoms. The van der Waals surface area contributed by atoms with Gasteiger partial charge in [0.25, 0.3) is 10.0 Å². The molecule has 2 N–H and O–H groups in total. The molecule has 5 aromatic rings. The number of hydrogen-bond donors (Lipinski definition) is 2. The Hall–Kier alpha value is -3.65. The highest BCUT2D eigenvalue weighted by atomic mass is 32.2. The van der Waals surface area contributed by atoms with Crippen LogP contribution in [0.5, 0.6) is 0 Å². The number of aromatic nitrogens is 4. The molecule has 0 radical (unpaired) electrons. The van der Waals surface area contributed by atoms with Gasteiger partial charge in [-0.05, 0) is 30.3 Å². The lowest BCUT2D eigenvalue weighted by molar-refractivity contribution is 0.601. The number of benzene rings is 2. The Morgan fingerprint density at radius 2 is 1.79 bits per heavy atom. The molecule has 2 aromatic carbocycles. The molecule has 3 aromatic heterocycles. The van der Waals surface area contributed by atoms with Gasteiger partial charge in [0.2, 0.25) is 0 Å². The second-order valence-corrected chi connectivity index (χ2v) is 8.45. The van der Waals surface area contributed by atoms with E-state index >= 15 is 0 Å². The van der Waals surface area contributed by atoms with E-state index in [2.05, 4.69) is 19.8 Å². The van der Waals surface area contributed by atoms with Crippen molar-refractivity contribution >= 4 is 37.5 Å². The minimum atomic E-state index is -3.79. The lowest BCUT2D eigenvalue weighted by Crippen LogP contribution is -2.14. The van der Waals surface area contributed by atoms with Gasteiger partial charge < -0.3 is 4.98 Å². The molecule has 8 heteroatoms. The lowest BCUT2D eigenvalue weighted by atomic mass is 10.2. The van der Waals surface area contributed by atoms with Gasteiger partial charge in [-0.15, -0.1) is 0 Å². The summed E-state index contributed by atoms with van der Waals surface area (Å²) in [5.74, 6) is 0. The zero-order valence-electron chi connectivity index (χ0n) is 15.5. The molecule has 0 saturated carbocycles. The predicted molar refractivity (Wildman–Crippen MR) is 113 cm³/mol. The maximum absolute atomic E-state index is 12.9. The summed E-state index contributed by atoms with van der Waals surface area (Å²) >= 11 is 0. The van der Waals surface area contributed by atoms with Crippen molar-refractivity contribution in [1.29, 1.82) is 0 Å². The number of nitrogens with one attached hydrogen (secondary N) is 2. The SMILES string of the molecule is Cn1ncc2cccc(NS(=O)(=O)c3ccc(-c4cc5ccccc5[nH]4)nc3)c21. The van der Waals surface area contributed by atoms with Gasteiger partial charge in [-0.2, -0.15) is 5.10 Å². The molecule has 0 spiro atoms. The van der Waals surface area contributed by atoms with Gasteiger partial charge in [0.05, 0.1) is 28.8 Å². The number of H-pyrrole nitrogens is 1. The number of anilines is 1. The molecule has 0 aliphatic carbocycles. The Bertz CT molecular complexity index is 1420. The van der Waals surface area contributed by atoms with Crippen molar-refractivity contribution in [2.24, 2.45) is 7.05 Å². The maximum Gasteiger partial charge on any atom is 0.263 e. The largest absolute Gasteiger partial charge is 0.353 e. The zero-order chi connectivity index (χ0) is 20.0. The normalized spacial score (nSPS) is 11.9. The summed E-state index contributed by atoms with van der Waals surface area (Å²) < 4.78 is 30.0. The van der Waals surface area contributed by atoms with Gasteiger partial charge in [-0.25, -0.2) is 8.42 Å². The highest BCUT2D eigenvalue weighted by molar-refractivity contribution is 7.92. The van der Waals surface area contributed by atoms with Crippen LogP contribution in [0.1, 0.15) is 0 Å². The molecule has 0 unspecified atom stereocenters. The number of sulfonamides is 1. The number of fused-ring (bicyclic) bond motifs is 2. The monoisotopic (exact) mass is 403 g/mol. The van der Waals surface area contributed by atoms with Crippen LogP contribution in [0.25, 0.3) is 33.2 Å². The average Bonchev–Trinajstić information content (AvgIpc) is 3.32. The zero-order valence-corrected chi connectivity index (χ0v) is 16.3. The smallest absolute Gasteiger partial charge is 0.263 e. The van der Waals surface area contributed by atoms with Crippen molar-refractivity contribution < 1.29 is 8.42 Å². The standard InChI is InChI=1S/C21H17N5O2S/c1-26-21-15(12-23-26)6-4-8-19(21)25-29(27,28)16-9-10-18(22-13-16)20-11-14-5-2-3-7-17(14)24-20/h2-13,24-25H,1H3. The third-order valence-electron chi connectivity index (χ3n) is 4.86. The summed E-state index contributed by atoms with van der Waals surface area (Å²) in [7, 11) is -2.01. The summed E-state index contributed by atoms with van der Waals surface area (Å²) in [6, 6.07) is 18.6. The van der Waals surface area contributed by atoms with Crippen LogP contribution in [0.4, 0.5) is 5.69 Å². The molecular weight excluding hydrogens is 386 g/mol. The minimum absolute atomic E-state index is 0.0940. The Morgan fingerprint density at radius 3 is 2.59 bits per heavy atom. The summed E-state index contributed by atoms with van der Waals surface area (Å²) in [6.07, 6.45) is 3.07. The molecule has 144 valence electrons. The maximum atomic E-state index is 12.9. The van der Waals surface area contributed by atoms with Crippen molar-refractivity contribution in [2.45, 2.75) is 4.90 Å². The fraction of sp³-hybridized carbons (Fsp3) is 0.0476. The predicted octanol–water partition coefficient (Wildman–Crippen LogP) is 3.92. The third kappa shape index (κ3) is 3.03. The average molecular weight is 403 g/mol. The third-order valence-corrected chi connectivity index (χ3v) is 6.21. The molecule has 0 saturated heterocycles. The fourth-order valence-corrected chi connectivity index (χ4v) is 4.44. The van der Waals surface area contributed by atoms with Crippen LogP contribution in [0.2, 0.25) is 0 Å². The molecule has 0 amide bonds. The van der Waals surface area contributed by atoms with E-state index in [9.17, 15) is 8.42 Å². The molecule has 0 fully saturated rings. The van der Waals surface area contributed by atoms with E-state index in [0.717, 1.165) is 27.5 Å². The van der Waals surface area contributed by atoms with Gasteiger partial charge in [0.15, 0.2) is 0 Å². The Labute approximate surface area is 167 Å². The Balaban J connectivity index is 1.47. The quantitative estimate of drug-likeness (QED) is 0.476. The van der Waals surface area contributed by atoms with E-state index in [1.807, 2.05) is 36.4 Å². The summed E-state index contributed by atoms with van der Waals surface area (Å²) in [4.78, 5) is 7.74. The molecule has 0 aliphatic rings. The second kappa shape index (κ2) is 6.46. The molecule has 7 nitrogen and oxygen atoms in total. The van der Waals surface area contributed by atoms with E-state index in [4.69, 9.17) is 0 Å². The van der Waals surface area contributed by atoms with Gasteiger partial charge >= 0.3 is 0 Å². The van der Waals surface area contributed by atoms with Crippen LogP contribution >= 0.6 is 0 Å². The van der Waals surface area contributed by atoms with Crippen LogP contribution < -0.4 is 4.72 Å². The van der Waals surface area contributed by atoms with Crippen molar-refractivity contribution in [1.82, 2.24) is 19.7 Å². The van der Waals surface area contributed by atoms with Gasteiger partial charge in [0, 0.05) is 29.5 Å². The van der Waals surface area contributed by atoms with E-state index < -0.39 is 10.0 Å². The first kappa shape index (κ1) is 17.4. The first-order chi connectivity index (χ1) is 14.0. The highest BCUT2D eigenvalue weighted by Crippen LogP contribution is 2.26. The number of hydrogen-bond acceptors (Lipinski definition) is 4. The van der Waals surface area contributed by atoms with E-state index in [-0.39, 0.29) is 4.90 Å². The van der Waals surface area contributed by atoms with Gasteiger partial charge in [-0.3, -0.25) is 14.4 Å². The number of aryl methyl sites for hydroxylation is 1. The highest BCUT2D eigenvalue weighted by Gasteiger charge is 2.18. The summed E-state index contributed by atoms with van der Waals surface area (Å²) in [5.41, 5.74) is 3.71. The Kier molecular flexibility index (Phi) is 3.88. The number of para-hydroxylation sites is 2. The van der Waals surface area contributed by atoms with E-state index in [1.54, 1.807) is 42.2 Å². The second-order valence-electron chi connectivity index (χ2n) is 6.77. The topological polar surface area (TPSA) is 92.7 Å². The van der Waals surface area contributed by atoms with Crippen molar-refractivity contribution in [3.63, 3.8) is 0 Å². The van der Waals surface area contributed by atoms with Gasteiger partial charge in [0.1, 0.15) is 4.90 Å². The first-order valence-electron chi connectivity index (χ1n) is 8.99. The molecule has 0 aliphatic heterocycles. The number of pyridine rings is 1. The van der Waals surface area contributed by atoms with Crippen molar-refractivity contribution in [3.8, 4) is 11.4 Å². The Morgan fingerprint density at radius 1 is 0.966 bits per heavy atom. The van der Waals surface area contributed by atoms with Crippen LogP contribution in [0.15, 0.2) is 78.0 Å². The van der Waals surface area contributed by atoms with Gasteiger partial charge in [-0.1, -0.05) is 30.3 Å². The number of aromatic amines is 1. The van der Waals surface area contributed by atoms with Crippen LogP contribution in [0.3, 0.4) is 0 Å². The molecule has 5 rings (SSSR count). The summed E-state index contributed by atoms with van der Waals surface area (Å²) in [5, 5.41) is 6.13. The molecule has 0 atom stereocenters. The van der Waals surface area contributed by atoms with E-state index in [0.29, 0.717) is 11.4 Å². The van der Waals surface area contributed by atoms with E-state index in [1.165, 1.54) is 6.20 Å². The first-order valence-corrected chi connectivity index (χ1v) is 10.5. The van der Waals surface area contributed by atoms with Crippen molar-refractivity contribution in [3.05, 3.63) is 73.1 Å². The minimum Gasteiger partial charge on any atom is -0.353 e. The van der Waals surface area contributed by atoms with Crippen molar-refractivity contribution in [2.75, 3.05) is 4.72 Å². The molecule has 0 bridgehead atoms. The van der Waals surface area contributed by atoms with Crippen LogP contribution in [0, 0.1) is 0 Å². The van der Waals surface area contributed by atoms with Crippen LogP contribution in [-0.4, -0.2) is 28.2 Å². The fourth-order valence-electron chi connectivity index (χ4n) is 3.43. The number of nitrogens with zero attached hydrogens (tertiary/aromatic N) is 3.